The van der Waals surface area contributed by atoms with E-state index in [0.29, 0.717) is 17.6 Å². The van der Waals surface area contributed by atoms with Gasteiger partial charge < -0.3 is 5.32 Å². The molecule has 2 saturated heterocycles. The number of pyridine rings is 2. The molecule has 1 aliphatic carbocycles. The Morgan fingerprint density at radius 1 is 1.14 bits per heavy atom. The van der Waals surface area contributed by atoms with Crippen LogP contribution in [0.4, 0.5) is 0 Å². The first kappa shape index (κ1) is 19.1. The van der Waals surface area contributed by atoms with Crippen LogP contribution in [0.1, 0.15) is 66.9 Å². The summed E-state index contributed by atoms with van der Waals surface area (Å²) in [6.07, 6.45) is 16.1. The Hall–Kier alpha value is -1.92. The van der Waals surface area contributed by atoms with Crippen LogP contribution in [-0.4, -0.2) is 44.7 Å². The minimum atomic E-state index is -0.0268. The molecule has 2 bridgehead atoms. The molecule has 0 spiro atoms. The van der Waals surface area contributed by atoms with E-state index in [2.05, 4.69) is 32.3 Å². The molecule has 1 atom stereocenters. The fourth-order valence-electron chi connectivity index (χ4n) is 5.79. The lowest BCUT2D eigenvalue weighted by atomic mass is 9.77. The molecule has 5 rings (SSSR count). The van der Waals surface area contributed by atoms with Gasteiger partial charge in [-0.2, -0.15) is 0 Å². The van der Waals surface area contributed by atoms with Crippen molar-refractivity contribution >= 4 is 17.7 Å². The first-order valence-corrected chi connectivity index (χ1v) is 11.9. The van der Waals surface area contributed by atoms with Crippen LogP contribution >= 0.6 is 11.8 Å². The average Bonchev–Trinajstić information content (AvgIpc) is 3.27. The van der Waals surface area contributed by atoms with Crippen LogP contribution in [0, 0.1) is 0 Å². The molecule has 1 saturated carbocycles. The number of carbonyl (C=O) groups is 1. The van der Waals surface area contributed by atoms with Crippen molar-refractivity contribution in [3.8, 4) is 0 Å². The number of nitrogens with zero attached hydrogens (tertiary/aromatic N) is 3. The predicted octanol–water partition coefficient (Wildman–Crippen LogP) is 4.22. The van der Waals surface area contributed by atoms with Gasteiger partial charge in [0.05, 0.1) is 11.6 Å². The molecule has 0 aromatic carbocycles. The fraction of sp³-hybridized carbons (Fsp3) is 0.522. The molecule has 3 fully saturated rings. The number of carbonyl (C=O) groups excluding carboxylic acids is 1. The van der Waals surface area contributed by atoms with E-state index in [1.165, 1.54) is 43.9 Å². The van der Waals surface area contributed by atoms with Crippen molar-refractivity contribution in [3.05, 3.63) is 54.0 Å². The highest BCUT2D eigenvalue weighted by Gasteiger charge is 2.58. The van der Waals surface area contributed by atoms with Gasteiger partial charge in [-0.3, -0.25) is 14.7 Å². The quantitative estimate of drug-likeness (QED) is 0.725. The van der Waals surface area contributed by atoms with Crippen LogP contribution < -0.4 is 5.32 Å². The maximum atomic E-state index is 13.4. The molecule has 5 nitrogen and oxygen atoms in total. The van der Waals surface area contributed by atoms with E-state index in [0.717, 1.165) is 23.4 Å². The highest BCUT2D eigenvalue weighted by atomic mass is 32.2. The van der Waals surface area contributed by atoms with Gasteiger partial charge in [0, 0.05) is 36.2 Å². The molecule has 152 valence electrons. The minimum absolute atomic E-state index is 0.0223. The van der Waals surface area contributed by atoms with Crippen LogP contribution in [0.15, 0.2) is 47.9 Å². The molecule has 1 amide bonds. The smallest absolute Gasteiger partial charge is 0.254 e. The predicted molar refractivity (Wildman–Crippen MR) is 115 cm³/mol. The van der Waals surface area contributed by atoms with Crippen molar-refractivity contribution in [2.24, 2.45) is 0 Å². The van der Waals surface area contributed by atoms with Gasteiger partial charge in [-0.25, -0.2) is 4.98 Å². The van der Waals surface area contributed by atoms with E-state index in [9.17, 15) is 4.79 Å². The largest absolute Gasteiger partial charge is 0.343 e. The van der Waals surface area contributed by atoms with Gasteiger partial charge in [0.15, 0.2) is 0 Å². The zero-order valence-corrected chi connectivity index (χ0v) is 17.7. The summed E-state index contributed by atoms with van der Waals surface area (Å²) < 4.78 is 0. The third-order valence-electron chi connectivity index (χ3n) is 7.26. The monoisotopic (exact) mass is 408 g/mol. The molecular formula is C23H28N4OS. The molecule has 1 unspecified atom stereocenters. The summed E-state index contributed by atoms with van der Waals surface area (Å²) in [7, 11) is 0. The summed E-state index contributed by atoms with van der Waals surface area (Å²) in [6.45, 7) is 0. The molecule has 6 heteroatoms. The van der Waals surface area contributed by atoms with Crippen molar-refractivity contribution in [3.63, 3.8) is 0 Å². The summed E-state index contributed by atoms with van der Waals surface area (Å²) >= 11 is 1.52. The van der Waals surface area contributed by atoms with E-state index < -0.39 is 0 Å². The molecule has 2 aromatic heterocycles. The van der Waals surface area contributed by atoms with Crippen LogP contribution in [0.3, 0.4) is 0 Å². The normalized spacial score (nSPS) is 27.6. The fourth-order valence-corrected chi connectivity index (χ4v) is 6.33. The maximum absolute atomic E-state index is 13.4. The zero-order chi connectivity index (χ0) is 19.8. The number of amides is 1. The number of hydrogen-bond acceptors (Lipinski definition) is 5. The van der Waals surface area contributed by atoms with Crippen LogP contribution in [0.2, 0.25) is 0 Å². The number of rotatable bonds is 6. The van der Waals surface area contributed by atoms with Gasteiger partial charge in [0.2, 0.25) is 0 Å². The Morgan fingerprint density at radius 3 is 2.52 bits per heavy atom. The lowest BCUT2D eigenvalue weighted by Gasteiger charge is -2.48. The summed E-state index contributed by atoms with van der Waals surface area (Å²) in [5.74, 6) is -0.0254. The zero-order valence-electron chi connectivity index (χ0n) is 16.9. The van der Waals surface area contributed by atoms with Crippen molar-refractivity contribution < 1.29 is 4.79 Å². The molecular weight excluding hydrogens is 380 g/mol. The van der Waals surface area contributed by atoms with E-state index in [1.54, 1.807) is 6.20 Å². The molecule has 0 radical (unpaired) electrons. The lowest BCUT2D eigenvalue weighted by Crippen LogP contribution is -2.57. The average molecular weight is 409 g/mol. The SMILES string of the molecule is CSc1ncccc1C(=O)NC(c1ccncc1)C12CCC(CC1)N2C1CCC1. The highest BCUT2D eigenvalue weighted by Crippen LogP contribution is 2.55. The second-order valence-electron chi connectivity index (χ2n) is 8.57. The van der Waals surface area contributed by atoms with E-state index in [1.807, 2.05) is 30.8 Å². The van der Waals surface area contributed by atoms with Crippen LogP contribution in [0.25, 0.3) is 0 Å². The van der Waals surface area contributed by atoms with Gasteiger partial charge in [-0.15, -0.1) is 11.8 Å². The number of thioether (sulfide) groups is 1. The second kappa shape index (κ2) is 7.73. The minimum Gasteiger partial charge on any atom is -0.343 e. The standard InChI is InChI=1S/C23H28N4OS/c1-29-22-19(6-3-13-25-22)21(28)26-20(16-9-14-24-15-10-16)23-11-7-18(8-12-23)27(23)17-4-2-5-17/h3,6,9-10,13-15,17-18,20H,2,4-5,7-8,11-12H2,1H3,(H,26,28). The van der Waals surface area contributed by atoms with Crippen molar-refractivity contribution in [2.75, 3.05) is 6.26 Å². The Bertz CT molecular complexity index is 877. The molecule has 4 heterocycles. The number of fused-ring (bicyclic) bond motifs is 2. The van der Waals surface area contributed by atoms with Gasteiger partial charge in [0.1, 0.15) is 5.03 Å². The number of aromatic nitrogens is 2. The second-order valence-corrected chi connectivity index (χ2v) is 9.37. The maximum Gasteiger partial charge on any atom is 0.254 e. The summed E-state index contributed by atoms with van der Waals surface area (Å²) in [6, 6.07) is 9.21. The lowest BCUT2D eigenvalue weighted by molar-refractivity contribution is 0.0257. The summed E-state index contributed by atoms with van der Waals surface area (Å²) in [5, 5.41) is 4.24. The Balaban J connectivity index is 1.52. The summed E-state index contributed by atoms with van der Waals surface area (Å²) in [5.41, 5.74) is 1.85. The Labute approximate surface area is 176 Å². The Kier molecular flexibility index (Phi) is 5.08. The Morgan fingerprint density at radius 2 is 1.86 bits per heavy atom. The number of nitrogens with one attached hydrogen (secondary N) is 1. The van der Waals surface area contributed by atoms with Crippen molar-refractivity contribution in [1.29, 1.82) is 0 Å². The van der Waals surface area contributed by atoms with Gasteiger partial charge in [0.25, 0.3) is 5.91 Å². The number of hydrogen-bond donors (Lipinski definition) is 1. The van der Waals surface area contributed by atoms with Crippen molar-refractivity contribution in [1.82, 2.24) is 20.2 Å². The molecule has 2 aliphatic heterocycles. The van der Waals surface area contributed by atoms with Gasteiger partial charge in [-0.1, -0.05) is 6.42 Å². The topological polar surface area (TPSA) is 58.1 Å². The third-order valence-corrected chi connectivity index (χ3v) is 7.97. The first-order valence-electron chi connectivity index (χ1n) is 10.7. The van der Waals surface area contributed by atoms with Crippen LogP contribution in [-0.2, 0) is 0 Å². The molecule has 3 aliphatic rings. The van der Waals surface area contributed by atoms with E-state index in [-0.39, 0.29) is 17.5 Å². The highest BCUT2D eigenvalue weighted by molar-refractivity contribution is 7.98. The summed E-state index contributed by atoms with van der Waals surface area (Å²) in [4.78, 5) is 24.8. The van der Waals surface area contributed by atoms with E-state index >= 15 is 0 Å². The molecule has 29 heavy (non-hydrogen) atoms. The van der Waals surface area contributed by atoms with E-state index in [4.69, 9.17) is 0 Å². The van der Waals surface area contributed by atoms with Gasteiger partial charge in [-0.05, 0) is 74.6 Å². The molecule has 1 N–H and O–H groups in total. The third kappa shape index (κ3) is 3.17. The molecule has 2 aromatic rings. The first-order chi connectivity index (χ1) is 14.2. The van der Waals surface area contributed by atoms with Crippen LogP contribution in [0.5, 0.6) is 0 Å². The van der Waals surface area contributed by atoms with Crippen molar-refractivity contribution in [2.45, 2.75) is 73.6 Å². The van der Waals surface area contributed by atoms with Gasteiger partial charge >= 0.3 is 0 Å².